The summed E-state index contributed by atoms with van der Waals surface area (Å²) in [7, 11) is 0. The molecule has 0 saturated carbocycles. The zero-order valence-electron chi connectivity index (χ0n) is 18.1. The summed E-state index contributed by atoms with van der Waals surface area (Å²) >= 11 is 5.94. The number of carbonyl (C=O) groups excluding carboxylic acids is 1. The predicted octanol–water partition coefficient (Wildman–Crippen LogP) is 5.80. The highest BCUT2D eigenvalue weighted by Gasteiger charge is 2.34. The number of aryl methyl sites for hydroxylation is 1. The third-order valence-corrected chi connectivity index (χ3v) is 5.56. The van der Waals surface area contributed by atoms with Gasteiger partial charge in [0.15, 0.2) is 5.60 Å². The van der Waals surface area contributed by atoms with Gasteiger partial charge in [-0.3, -0.25) is 4.79 Å². The van der Waals surface area contributed by atoms with Gasteiger partial charge in [-0.1, -0.05) is 32.4 Å². The molecule has 2 rings (SSSR count). The van der Waals surface area contributed by atoms with Crippen LogP contribution in [0.4, 0.5) is 0 Å². The summed E-state index contributed by atoms with van der Waals surface area (Å²) in [5.74, 6) is 1.39. The molecule has 0 heterocycles. The highest BCUT2D eigenvalue weighted by Crippen LogP contribution is 2.28. The van der Waals surface area contributed by atoms with E-state index in [0.717, 1.165) is 30.9 Å². The van der Waals surface area contributed by atoms with Crippen LogP contribution >= 0.6 is 11.6 Å². The van der Waals surface area contributed by atoms with Gasteiger partial charge in [0.05, 0.1) is 0 Å². The Morgan fingerprint density at radius 3 is 2.28 bits per heavy atom. The minimum absolute atomic E-state index is 0.0484. The smallest absolute Gasteiger partial charge is 0.206 e. The average Bonchev–Trinajstić information content (AvgIpc) is 2.73. The molecule has 0 spiro atoms. The monoisotopic (exact) mass is 417 g/mol. The molecule has 0 bridgehead atoms. The van der Waals surface area contributed by atoms with Gasteiger partial charge < -0.3 is 14.4 Å². The number of Topliss-reactive ketones (excluding diaryl/α,β-unsaturated/α-hetero) is 1. The van der Waals surface area contributed by atoms with Crippen molar-refractivity contribution in [1.29, 1.82) is 0 Å². The van der Waals surface area contributed by atoms with Crippen molar-refractivity contribution >= 4 is 17.4 Å². The molecule has 0 aromatic heterocycles. The van der Waals surface area contributed by atoms with Crippen LogP contribution in [0.5, 0.6) is 11.5 Å². The number of hydrogen-bond donors (Lipinski definition) is 0. The van der Waals surface area contributed by atoms with Crippen LogP contribution in [0.3, 0.4) is 0 Å². The van der Waals surface area contributed by atoms with Crippen LogP contribution in [-0.4, -0.2) is 42.5 Å². The van der Waals surface area contributed by atoms with E-state index in [9.17, 15) is 4.79 Å². The molecule has 0 radical (unpaired) electrons. The van der Waals surface area contributed by atoms with Crippen molar-refractivity contribution in [1.82, 2.24) is 4.90 Å². The lowest BCUT2D eigenvalue weighted by molar-refractivity contribution is 0.0505. The molecule has 4 nitrogen and oxygen atoms in total. The Bertz CT molecular complexity index is 802. The second kappa shape index (κ2) is 10.7. The molecular weight excluding hydrogens is 386 g/mol. The maximum atomic E-state index is 13.2. The lowest BCUT2D eigenvalue weighted by atomic mass is 9.91. The van der Waals surface area contributed by atoms with Crippen LogP contribution in [0.25, 0.3) is 0 Å². The average molecular weight is 418 g/mol. The van der Waals surface area contributed by atoms with Crippen molar-refractivity contribution in [3.63, 3.8) is 0 Å². The largest absolute Gasteiger partial charge is 0.492 e. The molecule has 2 aromatic rings. The molecular formula is C24H32ClNO3. The second-order valence-electron chi connectivity index (χ2n) is 7.33. The summed E-state index contributed by atoms with van der Waals surface area (Å²) < 4.78 is 12.0. The van der Waals surface area contributed by atoms with Gasteiger partial charge >= 0.3 is 0 Å². The Kier molecular flexibility index (Phi) is 8.54. The number of ketones is 1. The van der Waals surface area contributed by atoms with Crippen LogP contribution in [0.1, 0.15) is 50.0 Å². The van der Waals surface area contributed by atoms with Gasteiger partial charge in [-0.25, -0.2) is 0 Å². The Morgan fingerprint density at radius 2 is 1.72 bits per heavy atom. The number of hydrogen-bond acceptors (Lipinski definition) is 4. The van der Waals surface area contributed by atoms with Crippen molar-refractivity contribution in [3.05, 3.63) is 58.6 Å². The molecule has 0 aliphatic rings. The minimum atomic E-state index is -0.953. The highest BCUT2D eigenvalue weighted by atomic mass is 35.5. The van der Waals surface area contributed by atoms with Crippen molar-refractivity contribution in [2.45, 2.75) is 46.6 Å². The van der Waals surface area contributed by atoms with E-state index in [2.05, 4.69) is 18.7 Å². The molecule has 1 unspecified atom stereocenters. The van der Waals surface area contributed by atoms with E-state index in [-0.39, 0.29) is 5.78 Å². The Morgan fingerprint density at radius 1 is 1.07 bits per heavy atom. The molecule has 0 saturated heterocycles. The first kappa shape index (κ1) is 23.2. The fourth-order valence-corrected chi connectivity index (χ4v) is 3.25. The van der Waals surface area contributed by atoms with Gasteiger partial charge in [-0.15, -0.1) is 0 Å². The van der Waals surface area contributed by atoms with E-state index in [0.29, 0.717) is 29.4 Å². The van der Waals surface area contributed by atoms with Crippen LogP contribution in [-0.2, 0) is 0 Å². The van der Waals surface area contributed by atoms with Gasteiger partial charge in [0.1, 0.15) is 18.1 Å². The van der Waals surface area contributed by atoms with Crippen LogP contribution in [0.15, 0.2) is 42.5 Å². The fourth-order valence-electron chi connectivity index (χ4n) is 3.12. The summed E-state index contributed by atoms with van der Waals surface area (Å²) in [6, 6.07) is 12.7. The number of carbonyl (C=O) groups is 1. The second-order valence-corrected chi connectivity index (χ2v) is 7.76. The quantitative estimate of drug-likeness (QED) is 0.433. The van der Waals surface area contributed by atoms with E-state index in [1.54, 1.807) is 24.3 Å². The van der Waals surface area contributed by atoms with E-state index < -0.39 is 5.60 Å². The number of ether oxygens (including phenoxy) is 2. The Hall–Kier alpha value is -2.04. The molecule has 0 N–H and O–H groups in total. The first-order valence-electron chi connectivity index (χ1n) is 10.3. The lowest BCUT2D eigenvalue weighted by Gasteiger charge is -2.28. The Labute approximate surface area is 179 Å². The number of halogens is 1. The zero-order valence-corrected chi connectivity index (χ0v) is 18.9. The van der Waals surface area contributed by atoms with Crippen molar-refractivity contribution in [2.75, 3.05) is 26.2 Å². The summed E-state index contributed by atoms with van der Waals surface area (Å²) in [5, 5.41) is 0.633. The molecule has 0 amide bonds. The number of likely N-dealkylation sites (N-methyl/N-ethyl adjacent to an activating group) is 1. The van der Waals surface area contributed by atoms with E-state index in [4.69, 9.17) is 21.1 Å². The van der Waals surface area contributed by atoms with Gasteiger partial charge in [-0.2, -0.15) is 0 Å². The van der Waals surface area contributed by atoms with Gasteiger partial charge in [0.25, 0.3) is 0 Å². The minimum Gasteiger partial charge on any atom is -0.492 e. The van der Waals surface area contributed by atoms with Crippen molar-refractivity contribution < 1.29 is 14.3 Å². The predicted molar refractivity (Wildman–Crippen MR) is 120 cm³/mol. The molecule has 1 atom stereocenters. The fraction of sp³-hybridized carbons (Fsp3) is 0.458. The van der Waals surface area contributed by atoms with Gasteiger partial charge in [0, 0.05) is 17.1 Å². The van der Waals surface area contributed by atoms with Crippen LogP contribution in [0, 0.1) is 6.92 Å². The first-order valence-corrected chi connectivity index (χ1v) is 10.7. The summed E-state index contributed by atoms with van der Waals surface area (Å²) in [6.07, 6.45) is 0.551. The molecule has 5 heteroatoms. The van der Waals surface area contributed by atoms with Gasteiger partial charge in [0.2, 0.25) is 5.78 Å². The molecule has 29 heavy (non-hydrogen) atoms. The third-order valence-electron chi connectivity index (χ3n) is 5.31. The Balaban J connectivity index is 2.10. The van der Waals surface area contributed by atoms with Crippen LogP contribution < -0.4 is 9.47 Å². The summed E-state index contributed by atoms with van der Waals surface area (Å²) in [6.45, 7) is 13.6. The van der Waals surface area contributed by atoms with Crippen LogP contribution in [0.2, 0.25) is 5.02 Å². The molecule has 0 aliphatic carbocycles. The highest BCUT2D eigenvalue weighted by molar-refractivity contribution is 6.30. The first-order chi connectivity index (χ1) is 13.8. The summed E-state index contributed by atoms with van der Waals surface area (Å²) in [5.41, 5.74) is 0.614. The third kappa shape index (κ3) is 6.22. The number of benzene rings is 2. The SMILES string of the molecule is CCN(CC)CCOc1ccc(C(=O)C(C)(CC)Oc2ccc(Cl)cc2)cc1C. The van der Waals surface area contributed by atoms with Crippen molar-refractivity contribution in [3.8, 4) is 11.5 Å². The zero-order chi connectivity index (χ0) is 21.4. The standard InChI is InChI=1S/C24H32ClNO3/c1-6-24(5,29-21-12-10-20(25)11-13-21)23(27)19-9-14-22(18(4)17-19)28-16-15-26(7-2)8-3/h9-14,17H,6-8,15-16H2,1-5H3. The van der Waals surface area contributed by atoms with E-state index >= 15 is 0 Å². The van der Waals surface area contributed by atoms with E-state index in [1.165, 1.54) is 0 Å². The number of nitrogens with zero attached hydrogens (tertiary/aromatic N) is 1. The molecule has 0 aliphatic heterocycles. The molecule has 0 fully saturated rings. The molecule has 158 valence electrons. The normalized spacial score (nSPS) is 13.2. The topological polar surface area (TPSA) is 38.8 Å². The summed E-state index contributed by atoms with van der Waals surface area (Å²) in [4.78, 5) is 15.5. The lowest BCUT2D eigenvalue weighted by Crippen LogP contribution is -2.41. The van der Waals surface area contributed by atoms with Gasteiger partial charge in [-0.05, 0) is 81.4 Å². The van der Waals surface area contributed by atoms with E-state index in [1.807, 2.05) is 39.0 Å². The number of rotatable bonds is 11. The van der Waals surface area contributed by atoms with Crippen molar-refractivity contribution in [2.24, 2.45) is 0 Å². The maximum absolute atomic E-state index is 13.2. The maximum Gasteiger partial charge on any atom is 0.206 e. The molecule has 2 aromatic carbocycles.